The van der Waals surface area contributed by atoms with Gasteiger partial charge < -0.3 is 20.2 Å². The number of nitrogens with one attached hydrogen (secondary N) is 2. The number of rotatable bonds is 7. The first-order valence-corrected chi connectivity index (χ1v) is 5.29. The van der Waals surface area contributed by atoms with E-state index in [0.29, 0.717) is 19.0 Å². The quantitative estimate of drug-likeness (QED) is 0.430. The predicted molar refractivity (Wildman–Crippen MR) is 64.8 cm³/mol. The molecule has 4 N–H and O–H groups in total. The Balaban J connectivity index is 2.53. The Morgan fingerprint density at radius 1 is 1.50 bits per heavy atom. The zero-order valence-corrected chi connectivity index (χ0v) is 10.3. The number of anilines is 1. The molecule has 18 heavy (non-hydrogen) atoms. The Bertz CT molecular complexity index is 388. The molecule has 0 spiro atoms. The van der Waals surface area contributed by atoms with Gasteiger partial charge in [0.25, 0.3) is 5.91 Å². The van der Waals surface area contributed by atoms with Gasteiger partial charge >= 0.3 is 0 Å². The maximum atomic E-state index is 11.8. The van der Waals surface area contributed by atoms with Gasteiger partial charge in [-0.05, 0) is 0 Å². The zero-order chi connectivity index (χ0) is 13.4. The molecule has 0 saturated heterocycles. The molecule has 1 rings (SSSR count). The molecule has 1 unspecified atom stereocenters. The standard InChI is InChI=1S/C10H17N5O3/c1-17-6-7(18-2)3-13-10(16)8-4-12-5-9(14-8)15-11/h4-5,7H,3,6,11H2,1-2H3,(H,13,16)(H,14,15). The van der Waals surface area contributed by atoms with Crippen LogP contribution < -0.4 is 16.6 Å². The summed E-state index contributed by atoms with van der Waals surface area (Å²) < 4.78 is 10.1. The van der Waals surface area contributed by atoms with E-state index in [1.807, 2.05) is 0 Å². The average molecular weight is 255 g/mol. The molecule has 1 aromatic rings. The number of aromatic nitrogens is 2. The van der Waals surface area contributed by atoms with E-state index in [0.717, 1.165) is 0 Å². The molecular formula is C10H17N5O3. The fourth-order valence-electron chi connectivity index (χ4n) is 1.24. The van der Waals surface area contributed by atoms with Gasteiger partial charge in [-0.25, -0.2) is 10.8 Å². The highest BCUT2D eigenvalue weighted by Gasteiger charge is 2.12. The summed E-state index contributed by atoms with van der Waals surface area (Å²) in [5.41, 5.74) is 2.50. The summed E-state index contributed by atoms with van der Waals surface area (Å²) in [7, 11) is 3.12. The third kappa shape index (κ3) is 4.24. The number of hydrogen-bond acceptors (Lipinski definition) is 7. The zero-order valence-electron chi connectivity index (χ0n) is 10.3. The Labute approximate surface area is 105 Å². The van der Waals surface area contributed by atoms with Crippen LogP contribution >= 0.6 is 0 Å². The number of nitrogen functional groups attached to an aromatic ring is 1. The summed E-state index contributed by atoms with van der Waals surface area (Å²) in [4.78, 5) is 19.6. The lowest BCUT2D eigenvalue weighted by molar-refractivity contribution is 0.0285. The van der Waals surface area contributed by atoms with Crippen molar-refractivity contribution in [3.63, 3.8) is 0 Å². The van der Waals surface area contributed by atoms with Crippen molar-refractivity contribution >= 4 is 11.7 Å². The maximum Gasteiger partial charge on any atom is 0.271 e. The van der Waals surface area contributed by atoms with Gasteiger partial charge in [0, 0.05) is 20.8 Å². The molecule has 0 aliphatic carbocycles. The minimum atomic E-state index is -0.349. The summed E-state index contributed by atoms with van der Waals surface area (Å²) in [6.45, 7) is 0.720. The van der Waals surface area contributed by atoms with E-state index >= 15 is 0 Å². The second kappa shape index (κ2) is 7.54. The molecule has 0 aromatic carbocycles. The smallest absolute Gasteiger partial charge is 0.271 e. The van der Waals surface area contributed by atoms with Gasteiger partial charge in [0.2, 0.25) is 0 Å². The van der Waals surface area contributed by atoms with Crippen molar-refractivity contribution in [2.24, 2.45) is 5.84 Å². The first-order valence-electron chi connectivity index (χ1n) is 5.29. The predicted octanol–water partition coefficient (Wildman–Crippen LogP) is -0.847. The molecule has 0 radical (unpaired) electrons. The van der Waals surface area contributed by atoms with Gasteiger partial charge in [0.1, 0.15) is 5.69 Å². The third-order valence-corrected chi connectivity index (χ3v) is 2.19. The molecular weight excluding hydrogens is 238 g/mol. The van der Waals surface area contributed by atoms with Gasteiger partial charge in [0.05, 0.1) is 25.1 Å². The van der Waals surface area contributed by atoms with Crippen molar-refractivity contribution in [2.45, 2.75) is 6.10 Å². The van der Waals surface area contributed by atoms with Crippen LogP contribution in [0.4, 0.5) is 5.82 Å². The molecule has 1 aromatic heterocycles. The Morgan fingerprint density at radius 3 is 2.89 bits per heavy atom. The summed E-state index contributed by atoms with van der Waals surface area (Å²) in [5.74, 6) is 5.15. The summed E-state index contributed by atoms with van der Waals surface area (Å²) in [6.07, 6.45) is 2.57. The van der Waals surface area contributed by atoms with Gasteiger partial charge in [0.15, 0.2) is 5.82 Å². The molecule has 0 saturated carbocycles. The van der Waals surface area contributed by atoms with Crippen molar-refractivity contribution in [1.29, 1.82) is 0 Å². The normalized spacial score (nSPS) is 11.9. The minimum Gasteiger partial charge on any atom is -0.382 e. The largest absolute Gasteiger partial charge is 0.382 e. The first kappa shape index (κ1) is 14.3. The summed E-state index contributed by atoms with van der Waals surface area (Å²) >= 11 is 0. The number of hydrogen-bond donors (Lipinski definition) is 3. The molecule has 8 nitrogen and oxygen atoms in total. The van der Waals surface area contributed by atoms with E-state index in [-0.39, 0.29) is 17.7 Å². The number of ether oxygens (including phenoxy) is 2. The van der Waals surface area contributed by atoms with E-state index in [1.54, 1.807) is 14.2 Å². The topological polar surface area (TPSA) is 111 Å². The van der Waals surface area contributed by atoms with Crippen molar-refractivity contribution in [3.8, 4) is 0 Å². The van der Waals surface area contributed by atoms with Crippen LogP contribution in [0.5, 0.6) is 0 Å². The molecule has 8 heteroatoms. The number of carbonyl (C=O) groups excluding carboxylic acids is 1. The van der Waals surface area contributed by atoms with E-state index in [4.69, 9.17) is 15.3 Å². The fraction of sp³-hybridized carbons (Fsp3) is 0.500. The van der Waals surface area contributed by atoms with Crippen LogP contribution in [0.1, 0.15) is 10.5 Å². The fourth-order valence-corrected chi connectivity index (χ4v) is 1.24. The average Bonchev–Trinajstić information content (AvgIpc) is 2.43. The van der Waals surface area contributed by atoms with E-state index in [9.17, 15) is 4.79 Å². The number of methoxy groups -OCH3 is 2. The SMILES string of the molecule is COCC(CNC(=O)c1cncc(NN)n1)OC. The molecule has 0 aliphatic heterocycles. The first-order chi connectivity index (χ1) is 8.71. The van der Waals surface area contributed by atoms with E-state index < -0.39 is 0 Å². The Morgan fingerprint density at radius 2 is 2.28 bits per heavy atom. The minimum absolute atomic E-state index is 0.178. The maximum absolute atomic E-state index is 11.8. The van der Waals surface area contributed by atoms with E-state index in [2.05, 4.69) is 20.7 Å². The van der Waals surface area contributed by atoms with Crippen molar-refractivity contribution in [1.82, 2.24) is 15.3 Å². The number of hydrazine groups is 1. The Hall–Kier alpha value is -1.77. The molecule has 0 bridgehead atoms. The third-order valence-electron chi connectivity index (χ3n) is 2.19. The summed E-state index contributed by atoms with van der Waals surface area (Å²) in [6, 6.07) is 0. The molecule has 1 amide bonds. The molecule has 100 valence electrons. The molecule has 0 aliphatic rings. The van der Waals surface area contributed by atoms with Crippen LogP contribution in [0, 0.1) is 0 Å². The molecule has 1 atom stereocenters. The lowest BCUT2D eigenvalue weighted by atomic mass is 10.3. The van der Waals surface area contributed by atoms with Crippen LogP contribution in [-0.2, 0) is 9.47 Å². The van der Waals surface area contributed by atoms with Gasteiger partial charge in [-0.3, -0.25) is 9.78 Å². The van der Waals surface area contributed by atoms with Gasteiger partial charge in [-0.1, -0.05) is 0 Å². The number of nitrogens with zero attached hydrogens (tertiary/aromatic N) is 2. The van der Waals surface area contributed by atoms with Crippen molar-refractivity contribution in [2.75, 3.05) is 32.8 Å². The van der Waals surface area contributed by atoms with Crippen molar-refractivity contribution < 1.29 is 14.3 Å². The van der Waals surface area contributed by atoms with Crippen molar-refractivity contribution in [3.05, 3.63) is 18.1 Å². The van der Waals surface area contributed by atoms with Gasteiger partial charge in [-0.15, -0.1) is 0 Å². The Kier molecular flexibility index (Phi) is 5.98. The van der Waals surface area contributed by atoms with Crippen LogP contribution in [0.15, 0.2) is 12.4 Å². The highest BCUT2D eigenvalue weighted by atomic mass is 16.5. The highest BCUT2D eigenvalue weighted by Crippen LogP contribution is 2.00. The molecule has 0 fully saturated rings. The van der Waals surface area contributed by atoms with Crippen LogP contribution in [0.25, 0.3) is 0 Å². The number of nitrogens with two attached hydrogens (primary N) is 1. The second-order valence-electron chi connectivity index (χ2n) is 3.46. The number of carbonyl (C=O) groups is 1. The number of amides is 1. The highest BCUT2D eigenvalue weighted by molar-refractivity contribution is 5.92. The van der Waals surface area contributed by atoms with Crippen LogP contribution in [0.2, 0.25) is 0 Å². The van der Waals surface area contributed by atoms with E-state index in [1.165, 1.54) is 12.4 Å². The summed E-state index contributed by atoms with van der Waals surface area (Å²) in [5, 5.41) is 2.67. The lowest BCUT2D eigenvalue weighted by Crippen LogP contribution is -2.36. The van der Waals surface area contributed by atoms with Gasteiger partial charge in [-0.2, -0.15) is 0 Å². The van der Waals surface area contributed by atoms with Crippen LogP contribution in [0.3, 0.4) is 0 Å². The second-order valence-corrected chi connectivity index (χ2v) is 3.46. The monoisotopic (exact) mass is 255 g/mol. The lowest BCUT2D eigenvalue weighted by Gasteiger charge is -2.14. The molecule has 1 heterocycles. The van der Waals surface area contributed by atoms with Crippen LogP contribution in [-0.4, -0.2) is 49.4 Å².